The predicted octanol–water partition coefficient (Wildman–Crippen LogP) is 0.533. The van der Waals surface area contributed by atoms with E-state index in [0.29, 0.717) is 24.3 Å². The van der Waals surface area contributed by atoms with Gasteiger partial charge in [0.05, 0.1) is 17.8 Å². The van der Waals surface area contributed by atoms with Crippen molar-refractivity contribution in [2.24, 2.45) is 0 Å². The summed E-state index contributed by atoms with van der Waals surface area (Å²) in [5.74, 6) is 2.38. The van der Waals surface area contributed by atoms with Gasteiger partial charge in [0.25, 0.3) is 0 Å². The van der Waals surface area contributed by atoms with Crippen molar-refractivity contribution in [1.29, 1.82) is 0 Å². The van der Waals surface area contributed by atoms with Crippen LogP contribution in [-0.2, 0) is 11.2 Å². The van der Waals surface area contributed by atoms with Crippen LogP contribution in [0.2, 0.25) is 0 Å². The van der Waals surface area contributed by atoms with Crippen LogP contribution < -0.4 is 16.8 Å². The second-order valence-electron chi connectivity index (χ2n) is 3.44. The molecule has 4 heteroatoms. The highest BCUT2D eigenvalue weighted by molar-refractivity contribution is 5.79. The fourth-order valence-corrected chi connectivity index (χ4v) is 1.26. The van der Waals surface area contributed by atoms with E-state index in [-0.39, 0.29) is 12.3 Å². The Hall–Kier alpha value is -2.15. The lowest BCUT2D eigenvalue weighted by Crippen LogP contribution is -2.25. The molecule has 1 rings (SSSR count). The lowest BCUT2D eigenvalue weighted by atomic mass is 10.1. The van der Waals surface area contributed by atoms with E-state index in [4.69, 9.17) is 17.9 Å². The average Bonchev–Trinajstić information content (AvgIpc) is 2.24. The Kier molecular flexibility index (Phi) is 4.22. The molecule has 0 spiro atoms. The van der Waals surface area contributed by atoms with E-state index in [1.165, 1.54) is 0 Å². The second-order valence-corrected chi connectivity index (χ2v) is 3.44. The maximum Gasteiger partial charge on any atom is 0.224 e. The summed E-state index contributed by atoms with van der Waals surface area (Å²) in [6.07, 6.45) is 5.90. The van der Waals surface area contributed by atoms with Crippen molar-refractivity contribution in [1.82, 2.24) is 5.32 Å². The zero-order chi connectivity index (χ0) is 12.0. The molecule has 0 atom stereocenters. The quantitative estimate of drug-likeness (QED) is 0.391. The van der Waals surface area contributed by atoms with Crippen LogP contribution in [0.4, 0.5) is 11.4 Å². The van der Waals surface area contributed by atoms with Crippen molar-refractivity contribution in [2.45, 2.75) is 12.8 Å². The standard InChI is InChI=1S/C12H15N3O/c1-2-3-6-15-12(16)8-9-4-5-10(13)11(14)7-9/h1,4-5,7H,3,6,8,13-14H2,(H,15,16). The number of rotatable bonds is 4. The first-order valence-corrected chi connectivity index (χ1v) is 4.97. The van der Waals surface area contributed by atoms with E-state index in [0.717, 1.165) is 5.56 Å². The number of carbonyl (C=O) groups excluding carboxylic acids is 1. The Morgan fingerprint density at radius 1 is 1.38 bits per heavy atom. The van der Waals surface area contributed by atoms with Crippen molar-refractivity contribution in [2.75, 3.05) is 18.0 Å². The van der Waals surface area contributed by atoms with Crippen molar-refractivity contribution in [3.63, 3.8) is 0 Å². The molecular weight excluding hydrogens is 202 g/mol. The Morgan fingerprint density at radius 2 is 2.12 bits per heavy atom. The Bertz CT molecular complexity index is 421. The van der Waals surface area contributed by atoms with E-state index < -0.39 is 0 Å². The fraction of sp³-hybridized carbons (Fsp3) is 0.250. The van der Waals surface area contributed by atoms with Gasteiger partial charge in [-0.25, -0.2) is 0 Å². The highest BCUT2D eigenvalue weighted by Gasteiger charge is 2.03. The van der Waals surface area contributed by atoms with Crippen LogP contribution in [-0.4, -0.2) is 12.5 Å². The van der Waals surface area contributed by atoms with E-state index in [1.807, 2.05) is 0 Å². The summed E-state index contributed by atoms with van der Waals surface area (Å²) in [6.45, 7) is 0.500. The van der Waals surface area contributed by atoms with Crippen LogP contribution >= 0.6 is 0 Å². The topological polar surface area (TPSA) is 81.1 Å². The van der Waals surface area contributed by atoms with Crippen molar-refractivity contribution in [3.05, 3.63) is 23.8 Å². The van der Waals surface area contributed by atoms with Gasteiger partial charge < -0.3 is 16.8 Å². The number of hydrogen-bond acceptors (Lipinski definition) is 3. The van der Waals surface area contributed by atoms with Gasteiger partial charge in [0, 0.05) is 13.0 Å². The predicted molar refractivity (Wildman–Crippen MR) is 65.4 cm³/mol. The summed E-state index contributed by atoms with van der Waals surface area (Å²) in [6, 6.07) is 5.18. The van der Waals surface area contributed by atoms with E-state index in [1.54, 1.807) is 18.2 Å². The highest BCUT2D eigenvalue weighted by Crippen LogP contribution is 2.16. The van der Waals surface area contributed by atoms with Gasteiger partial charge in [0.2, 0.25) is 5.91 Å². The highest BCUT2D eigenvalue weighted by atomic mass is 16.1. The number of nitrogen functional groups attached to an aromatic ring is 2. The minimum absolute atomic E-state index is 0.0700. The van der Waals surface area contributed by atoms with E-state index in [2.05, 4.69) is 11.2 Å². The number of carbonyl (C=O) groups is 1. The van der Waals surface area contributed by atoms with Gasteiger partial charge in [-0.1, -0.05) is 6.07 Å². The molecule has 5 N–H and O–H groups in total. The average molecular weight is 217 g/mol. The molecule has 0 aliphatic carbocycles. The van der Waals surface area contributed by atoms with Crippen LogP contribution in [0.5, 0.6) is 0 Å². The molecule has 0 bridgehead atoms. The summed E-state index contributed by atoms with van der Waals surface area (Å²) in [5, 5.41) is 2.71. The van der Waals surface area contributed by atoms with Gasteiger partial charge in [-0.15, -0.1) is 12.3 Å². The monoisotopic (exact) mass is 217 g/mol. The van der Waals surface area contributed by atoms with E-state index in [9.17, 15) is 4.79 Å². The molecule has 0 aromatic heterocycles. The van der Waals surface area contributed by atoms with Crippen LogP contribution in [0.3, 0.4) is 0 Å². The summed E-state index contributed by atoms with van der Waals surface area (Å²) in [7, 11) is 0. The Morgan fingerprint density at radius 3 is 2.75 bits per heavy atom. The molecule has 0 heterocycles. The molecule has 84 valence electrons. The van der Waals surface area contributed by atoms with Crippen LogP contribution in [0.25, 0.3) is 0 Å². The number of nitrogens with one attached hydrogen (secondary N) is 1. The summed E-state index contributed by atoms with van der Waals surface area (Å²) in [4.78, 5) is 11.4. The smallest absolute Gasteiger partial charge is 0.224 e. The summed E-state index contributed by atoms with van der Waals surface area (Å²) in [5.41, 5.74) is 13.1. The van der Waals surface area contributed by atoms with Gasteiger partial charge in [-0.3, -0.25) is 4.79 Å². The molecule has 0 saturated carbocycles. The van der Waals surface area contributed by atoms with Crippen LogP contribution in [0.15, 0.2) is 18.2 Å². The van der Waals surface area contributed by atoms with Gasteiger partial charge >= 0.3 is 0 Å². The molecule has 0 fully saturated rings. The summed E-state index contributed by atoms with van der Waals surface area (Å²) < 4.78 is 0. The summed E-state index contributed by atoms with van der Waals surface area (Å²) >= 11 is 0. The van der Waals surface area contributed by atoms with Gasteiger partial charge in [0.15, 0.2) is 0 Å². The van der Waals surface area contributed by atoms with Crippen molar-refractivity contribution < 1.29 is 4.79 Å². The molecule has 1 aromatic carbocycles. The molecule has 0 unspecified atom stereocenters. The molecule has 0 saturated heterocycles. The zero-order valence-corrected chi connectivity index (χ0v) is 8.99. The van der Waals surface area contributed by atoms with Crippen molar-refractivity contribution in [3.8, 4) is 12.3 Å². The van der Waals surface area contributed by atoms with Gasteiger partial charge in [-0.05, 0) is 17.7 Å². The third-order valence-electron chi connectivity index (χ3n) is 2.11. The first-order chi connectivity index (χ1) is 7.63. The third kappa shape index (κ3) is 3.54. The number of nitrogens with two attached hydrogens (primary N) is 2. The number of terminal acetylenes is 1. The molecule has 4 nitrogen and oxygen atoms in total. The molecule has 0 aliphatic rings. The lowest BCUT2D eigenvalue weighted by molar-refractivity contribution is -0.120. The molecule has 16 heavy (non-hydrogen) atoms. The largest absolute Gasteiger partial charge is 0.397 e. The Balaban J connectivity index is 2.50. The SMILES string of the molecule is C#CCCNC(=O)Cc1ccc(N)c(N)c1. The number of benzene rings is 1. The maximum absolute atomic E-state index is 11.4. The molecule has 1 aromatic rings. The second kappa shape index (κ2) is 5.66. The first kappa shape index (κ1) is 11.9. The normalized spacial score (nSPS) is 9.44. The van der Waals surface area contributed by atoms with Gasteiger partial charge in [-0.2, -0.15) is 0 Å². The molecule has 0 radical (unpaired) electrons. The Labute approximate surface area is 95.0 Å². The third-order valence-corrected chi connectivity index (χ3v) is 2.11. The molecular formula is C12H15N3O. The minimum atomic E-state index is -0.0700. The van der Waals surface area contributed by atoms with Gasteiger partial charge in [0.1, 0.15) is 0 Å². The lowest BCUT2D eigenvalue weighted by Gasteiger charge is -2.05. The maximum atomic E-state index is 11.4. The van der Waals surface area contributed by atoms with Crippen LogP contribution in [0, 0.1) is 12.3 Å². The number of anilines is 2. The zero-order valence-electron chi connectivity index (χ0n) is 8.99. The minimum Gasteiger partial charge on any atom is -0.397 e. The fourth-order valence-electron chi connectivity index (χ4n) is 1.26. The van der Waals surface area contributed by atoms with Crippen molar-refractivity contribution >= 4 is 17.3 Å². The molecule has 1 amide bonds. The number of hydrogen-bond donors (Lipinski definition) is 3. The first-order valence-electron chi connectivity index (χ1n) is 4.97. The van der Waals surface area contributed by atoms with Crippen LogP contribution in [0.1, 0.15) is 12.0 Å². The molecule has 0 aliphatic heterocycles. The number of amides is 1. The van der Waals surface area contributed by atoms with E-state index >= 15 is 0 Å².